The van der Waals surface area contributed by atoms with Crippen molar-refractivity contribution >= 4 is 32.1 Å². The molecule has 156 valence electrons. The maximum absolute atomic E-state index is 4.90. The number of pyridine rings is 2. The Balaban J connectivity index is 0.000000480. The van der Waals surface area contributed by atoms with Crippen LogP contribution in [0.1, 0.15) is 49.2 Å². The zero-order chi connectivity index (χ0) is 20.8. The normalized spacial score (nSPS) is 11.0. The van der Waals surface area contributed by atoms with E-state index in [1.165, 1.54) is 37.1 Å². The van der Waals surface area contributed by atoms with Gasteiger partial charge in [-0.05, 0) is 25.9 Å². The molecule has 0 aromatic carbocycles. The second kappa shape index (κ2) is 14.5. The Bertz CT molecular complexity index is 647. The summed E-state index contributed by atoms with van der Waals surface area (Å²) in [5.74, 6) is 0. The molecule has 0 aliphatic heterocycles. The van der Waals surface area contributed by atoms with Gasteiger partial charge in [0.2, 0.25) is 0 Å². The van der Waals surface area contributed by atoms with Crippen LogP contribution in [0.15, 0.2) is 36.7 Å². The molecule has 0 aliphatic carbocycles. The van der Waals surface area contributed by atoms with Crippen molar-refractivity contribution in [2.45, 2.75) is 53.4 Å². The standard InChI is InChI=1S/C16H21N2PSSe.C6H15N/c1-13-3-5-15(11-17-13)7-9-19(20,21)10-8-16-6-4-14(2)18-12-16;1-3-5-7-6-4-2/h3-6,11-12H,7-10H2,1-2H3,(H,20,21);7H,3-6H2,1-2H3. The molecule has 2 rings (SSSR count). The van der Waals surface area contributed by atoms with E-state index < -0.39 is 4.71 Å². The molecule has 2 heterocycles. The molecule has 2 aromatic rings. The predicted molar refractivity (Wildman–Crippen MR) is 130 cm³/mol. The molecule has 0 saturated heterocycles. The Morgan fingerprint density at radius 1 is 0.857 bits per heavy atom. The SMILES string of the molecule is CCCNCCC.Cc1ccc(CCP(S)(=[Se])CCc2ccc(C)nc2)cn1. The third-order valence-electron chi connectivity index (χ3n) is 4.30. The molecule has 0 aliphatic rings. The zero-order valence-electron chi connectivity index (χ0n) is 17.8. The number of nitrogens with zero attached hydrogens (tertiary/aromatic N) is 2. The van der Waals surface area contributed by atoms with E-state index in [-0.39, 0.29) is 0 Å². The molecule has 0 saturated carbocycles. The molecule has 0 radical (unpaired) electrons. The Morgan fingerprint density at radius 3 is 1.61 bits per heavy atom. The Kier molecular flexibility index (Phi) is 13.3. The summed E-state index contributed by atoms with van der Waals surface area (Å²) in [7, 11) is 0. The number of thiol groups is 1. The van der Waals surface area contributed by atoms with Crippen molar-refractivity contribution in [2.24, 2.45) is 0 Å². The van der Waals surface area contributed by atoms with Gasteiger partial charge in [-0.3, -0.25) is 0 Å². The number of aryl methyl sites for hydroxylation is 4. The first-order chi connectivity index (χ1) is 13.4. The number of hydrogen-bond donors (Lipinski definition) is 2. The third-order valence-corrected chi connectivity index (χ3v) is 9.64. The summed E-state index contributed by atoms with van der Waals surface area (Å²) in [6.45, 7) is 10.7. The summed E-state index contributed by atoms with van der Waals surface area (Å²) in [5, 5.41) is 3.28. The minimum absolute atomic E-state index is 1.05. The fourth-order valence-electron chi connectivity index (χ4n) is 2.49. The Hall–Kier alpha value is -0.441. The third kappa shape index (κ3) is 12.2. The van der Waals surface area contributed by atoms with Crippen molar-refractivity contribution < 1.29 is 0 Å². The summed E-state index contributed by atoms with van der Waals surface area (Å²) in [6.07, 6.45) is 10.8. The predicted octanol–water partition coefficient (Wildman–Crippen LogP) is 5.22. The van der Waals surface area contributed by atoms with Crippen LogP contribution in [0.2, 0.25) is 0 Å². The molecular weight excluding hydrogens is 448 g/mol. The number of nitrogens with one attached hydrogen (secondary N) is 1. The molecule has 0 spiro atoms. The summed E-state index contributed by atoms with van der Waals surface area (Å²) in [6, 6.07) is 8.48. The Labute approximate surface area is 184 Å². The first-order valence-corrected chi connectivity index (χ1v) is 15.7. The van der Waals surface area contributed by atoms with Crippen molar-refractivity contribution in [3.8, 4) is 0 Å². The van der Waals surface area contributed by atoms with Gasteiger partial charge in [0.1, 0.15) is 0 Å². The van der Waals surface area contributed by atoms with E-state index in [0.717, 1.165) is 36.6 Å². The van der Waals surface area contributed by atoms with Gasteiger partial charge in [-0.15, -0.1) is 0 Å². The fraction of sp³-hybridized carbons (Fsp3) is 0.545. The first-order valence-electron chi connectivity index (χ1n) is 10.2. The molecule has 0 bridgehead atoms. The van der Waals surface area contributed by atoms with Gasteiger partial charge in [0.15, 0.2) is 0 Å². The van der Waals surface area contributed by atoms with Gasteiger partial charge >= 0.3 is 140 Å². The van der Waals surface area contributed by atoms with Crippen LogP contribution in [0.5, 0.6) is 0 Å². The molecular formula is C22H36N3PSSe. The molecule has 6 heteroatoms. The monoisotopic (exact) mass is 485 g/mol. The summed E-state index contributed by atoms with van der Waals surface area (Å²) in [4.78, 5) is 8.70. The van der Waals surface area contributed by atoms with E-state index in [2.05, 4.69) is 68.5 Å². The van der Waals surface area contributed by atoms with Gasteiger partial charge in [0, 0.05) is 0 Å². The van der Waals surface area contributed by atoms with Gasteiger partial charge in [0.05, 0.1) is 0 Å². The van der Waals surface area contributed by atoms with Gasteiger partial charge in [-0.2, -0.15) is 0 Å². The van der Waals surface area contributed by atoms with Crippen LogP contribution in [0.3, 0.4) is 0 Å². The second-order valence-corrected chi connectivity index (χ2v) is 18.3. The summed E-state index contributed by atoms with van der Waals surface area (Å²) < 4.78 is -1.28. The molecule has 0 amide bonds. The average Bonchev–Trinajstić information content (AvgIpc) is 2.68. The van der Waals surface area contributed by atoms with Crippen LogP contribution in [-0.4, -0.2) is 50.5 Å². The molecule has 2 aromatic heterocycles. The van der Waals surface area contributed by atoms with Crippen LogP contribution in [0.4, 0.5) is 0 Å². The van der Waals surface area contributed by atoms with E-state index >= 15 is 0 Å². The van der Waals surface area contributed by atoms with Crippen molar-refractivity contribution in [3.05, 3.63) is 59.2 Å². The van der Waals surface area contributed by atoms with E-state index in [1.54, 1.807) is 0 Å². The fourth-order valence-corrected chi connectivity index (χ4v) is 5.68. The van der Waals surface area contributed by atoms with E-state index in [9.17, 15) is 0 Å². The van der Waals surface area contributed by atoms with Crippen LogP contribution in [0, 0.1) is 13.8 Å². The second-order valence-electron chi connectivity index (χ2n) is 7.16. The van der Waals surface area contributed by atoms with Gasteiger partial charge < -0.3 is 5.32 Å². The van der Waals surface area contributed by atoms with Crippen LogP contribution in [-0.2, 0) is 12.8 Å². The first kappa shape index (κ1) is 25.6. The number of hydrogen-bond acceptors (Lipinski definition) is 4. The zero-order valence-corrected chi connectivity index (χ0v) is 21.3. The van der Waals surface area contributed by atoms with E-state index in [4.69, 9.17) is 12.2 Å². The molecule has 28 heavy (non-hydrogen) atoms. The quantitative estimate of drug-likeness (QED) is 0.210. The van der Waals surface area contributed by atoms with Crippen molar-refractivity contribution in [1.82, 2.24) is 15.3 Å². The van der Waals surface area contributed by atoms with Gasteiger partial charge in [0.25, 0.3) is 0 Å². The summed E-state index contributed by atoms with van der Waals surface area (Å²) >= 11 is 8.25. The molecule has 0 fully saturated rings. The van der Waals surface area contributed by atoms with Gasteiger partial charge in [-0.1, -0.05) is 13.8 Å². The van der Waals surface area contributed by atoms with E-state index in [0.29, 0.717) is 0 Å². The van der Waals surface area contributed by atoms with Crippen LogP contribution >= 0.6 is 17.0 Å². The average molecular weight is 485 g/mol. The minimum atomic E-state index is -1.28. The van der Waals surface area contributed by atoms with E-state index in [1.807, 2.05) is 26.2 Å². The van der Waals surface area contributed by atoms with Crippen LogP contribution < -0.4 is 5.32 Å². The topological polar surface area (TPSA) is 37.8 Å². The molecule has 1 N–H and O–H groups in total. The molecule has 0 atom stereocenters. The van der Waals surface area contributed by atoms with Crippen molar-refractivity contribution in [1.29, 1.82) is 0 Å². The molecule has 0 unspecified atom stereocenters. The van der Waals surface area contributed by atoms with Gasteiger partial charge in [-0.25, -0.2) is 0 Å². The molecule has 3 nitrogen and oxygen atoms in total. The van der Waals surface area contributed by atoms with Crippen molar-refractivity contribution in [2.75, 3.05) is 25.4 Å². The summed E-state index contributed by atoms with van der Waals surface area (Å²) in [5.41, 5.74) is 4.73. The number of rotatable bonds is 10. The maximum atomic E-state index is 4.90. The Morgan fingerprint density at radius 2 is 1.29 bits per heavy atom. The number of aromatic nitrogens is 2. The van der Waals surface area contributed by atoms with Crippen molar-refractivity contribution in [3.63, 3.8) is 0 Å². The van der Waals surface area contributed by atoms with Crippen LogP contribution in [0.25, 0.3) is 0 Å².